The number of hydrogen-bond acceptors (Lipinski definition) is 4. The lowest BCUT2D eigenvalue weighted by Crippen LogP contribution is -2.51. The van der Waals surface area contributed by atoms with Crippen molar-refractivity contribution in [1.29, 1.82) is 0 Å². The number of piperazine rings is 1. The summed E-state index contributed by atoms with van der Waals surface area (Å²) in [6, 6.07) is 0.392. The monoisotopic (exact) mass is 220 g/mol. The molecule has 1 aliphatic rings. The van der Waals surface area contributed by atoms with Gasteiger partial charge in [-0.05, 0) is 13.0 Å². The van der Waals surface area contributed by atoms with Gasteiger partial charge in [0.2, 0.25) is 0 Å². The van der Waals surface area contributed by atoms with Crippen LogP contribution in [0.1, 0.15) is 13.3 Å². The van der Waals surface area contributed by atoms with E-state index in [2.05, 4.69) is 17.1 Å². The molecule has 0 aromatic carbocycles. The Labute approximate surface area is 86.6 Å². The standard InChI is InChI=1S/C9H20N2O2S/c1-3-11-6-5-10-8-9(11)4-7-14(2,12)13/h9-10H,3-8H2,1-2H3. The molecular formula is C9H20N2O2S. The van der Waals surface area contributed by atoms with Crippen LogP contribution in [0.15, 0.2) is 0 Å². The molecule has 14 heavy (non-hydrogen) atoms. The van der Waals surface area contributed by atoms with E-state index in [1.165, 1.54) is 6.26 Å². The number of rotatable bonds is 4. The fourth-order valence-electron chi connectivity index (χ4n) is 1.85. The van der Waals surface area contributed by atoms with Crippen LogP contribution in [0.2, 0.25) is 0 Å². The van der Waals surface area contributed by atoms with Gasteiger partial charge in [-0.1, -0.05) is 6.92 Å². The fourth-order valence-corrected chi connectivity index (χ4v) is 2.55. The lowest BCUT2D eigenvalue weighted by Gasteiger charge is -2.35. The van der Waals surface area contributed by atoms with Gasteiger partial charge in [-0.25, -0.2) is 8.42 Å². The summed E-state index contributed by atoms with van der Waals surface area (Å²) in [7, 11) is -2.81. The van der Waals surface area contributed by atoms with Gasteiger partial charge in [-0.15, -0.1) is 0 Å². The Morgan fingerprint density at radius 3 is 2.79 bits per heavy atom. The minimum absolute atomic E-state index is 0.301. The van der Waals surface area contributed by atoms with E-state index in [-0.39, 0.29) is 0 Å². The zero-order valence-corrected chi connectivity index (χ0v) is 9.81. The average molecular weight is 220 g/mol. The Morgan fingerprint density at radius 2 is 2.21 bits per heavy atom. The van der Waals surface area contributed by atoms with Crippen LogP contribution in [0.5, 0.6) is 0 Å². The topological polar surface area (TPSA) is 49.4 Å². The molecule has 0 spiro atoms. The smallest absolute Gasteiger partial charge is 0.147 e. The van der Waals surface area contributed by atoms with E-state index in [1.54, 1.807) is 0 Å². The van der Waals surface area contributed by atoms with Crippen LogP contribution in [0, 0.1) is 0 Å². The van der Waals surface area contributed by atoms with Crippen molar-refractivity contribution in [2.45, 2.75) is 19.4 Å². The highest BCUT2D eigenvalue weighted by molar-refractivity contribution is 7.90. The molecule has 1 atom stereocenters. The maximum atomic E-state index is 11.0. The van der Waals surface area contributed by atoms with Crippen LogP contribution < -0.4 is 5.32 Å². The molecule has 0 radical (unpaired) electrons. The second-order valence-electron chi connectivity index (χ2n) is 3.91. The molecule has 1 fully saturated rings. The van der Waals surface area contributed by atoms with Crippen molar-refractivity contribution in [3.8, 4) is 0 Å². The lowest BCUT2D eigenvalue weighted by molar-refractivity contribution is 0.166. The summed E-state index contributed by atoms with van der Waals surface area (Å²) in [5.41, 5.74) is 0. The van der Waals surface area contributed by atoms with E-state index in [9.17, 15) is 8.42 Å². The number of likely N-dealkylation sites (N-methyl/N-ethyl adjacent to an activating group) is 1. The normalized spacial score (nSPS) is 25.1. The molecule has 5 heteroatoms. The quantitative estimate of drug-likeness (QED) is 0.707. The van der Waals surface area contributed by atoms with Crippen molar-refractivity contribution in [2.75, 3.05) is 38.2 Å². The van der Waals surface area contributed by atoms with Gasteiger partial charge in [0.05, 0.1) is 5.75 Å². The lowest BCUT2D eigenvalue weighted by atomic mass is 10.1. The van der Waals surface area contributed by atoms with Gasteiger partial charge in [-0.2, -0.15) is 0 Å². The molecule has 1 heterocycles. The summed E-state index contributed by atoms with van der Waals surface area (Å²) in [6.45, 7) is 6.10. The Morgan fingerprint density at radius 1 is 1.50 bits per heavy atom. The summed E-state index contributed by atoms with van der Waals surface area (Å²) in [5.74, 6) is 0.301. The Hall–Kier alpha value is -0.130. The molecule has 1 N–H and O–H groups in total. The summed E-state index contributed by atoms with van der Waals surface area (Å²) in [6.07, 6.45) is 2.05. The molecule has 0 bridgehead atoms. The van der Waals surface area contributed by atoms with Crippen molar-refractivity contribution in [3.63, 3.8) is 0 Å². The van der Waals surface area contributed by atoms with Gasteiger partial charge in [0, 0.05) is 31.9 Å². The van der Waals surface area contributed by atoms with Crippen molar-refractivity contribution >= 4 is 9.84 Å². The predicted molar refractivity (Wildman–Crippen MR) is 58.2 cm³/mol. The van der Waals surface area contributed by atoms with Gasteiger partial charge >= 0.3 is 0 Å². The third kappa shape index (κ3) is 3.94. The second-order valence-corrected chi connectivity index (χ2v) is 6.16. The summed E-state index contributed by atoms with van der Waals surface area (Å²) >= 11 is 0. The van der Waals surface area contributed by atoms with Crippen LogP contribution >= 0.6 is 0 Å². The molecule has 1 unspecified atom stereocenters. The Balaban J connectivity index is 2.41. The first kappa shape index (κ1) is 11.9. The molecule has 1 saturated heterocycles. The molecule has 1 aliphatic heterocycles. The van der Waals surface area contributed by atoms with E-state index in [0.29, 0.717) is 11.8 Å². The number of sulfone groups is 1. The molecule has 1 rings (SSSR count). The molecule has 0 aromatic rings. The maximum Gasteiger partial charge on any atom is 0.147 e. The van der Waals surface area contributed by atoms with Gasteiger partial charge in [0.25, 0.3) is 0 Å². The second kappa shape index (κ2) is 5.09. The number of hydrogen-bond donors (Lipinski definition) is 1. The first-order chi connectivity index (χ1) is 6.53. The third-order valence-electron chi connectivity index (χ3n) is 2.70. The van der Waals surface area contributed by atoms with Gasteiger partial charge in [0.15, 0.2) is 0 Å². The van der Waals surface area contributed by atoms with E-state index in [4.69, 9.17) is 0 Å². The summed E-state index contributed by atoms with van der Waals surface area (Å²) in [4.78, 5) is 2.35. The van der Waals surface area contributed by atoms with Crippen molar-refractivity contribution < 1.29 is 8.42 Å². The number of nitrogens with zero attached hydrogens (tertiary/aromatic N) is 1. The van der Waals surface area contributed by atoms with E-state index in [0.717, 1.165) is 32.6 Å². The molecular weight excluding hydrogens is 200 g/mol. The molecule has 0 saturated carbocycles. The van der Waals surface area contributed by atoms with Gasteiger partial charge in [-0.3, -0.25) is 4.90 Å². The van der Waals surface area contributed by atoms with Crippen molar-refractivity contribution in [2.24, 2.45) is 0 Å². The van der Waals surface area contributed by atoms with Crippen LogP contribution in [-0.4, -0.2) is 57.5 Å². The maximum absolute atomic E-state index is 11.0. The number of nitrogens with one attached hydrogen (secondary N) is 1. The van der Waals surface area contributed by atoms with Crippen LogP contribution in [-0.2, 0) is 9.84 Å². The van der Waals surface area contributed by atoms with E-state index < -0.39 is 9.84 Å². The summed E-state index contributed by atoms with van der Waals surface area (Å²) in [5, 5.41) is 3.30. The average Bonchev–Trinajstić information content (AvgIpc) is 2.14. The van der Waals surface area contributed by atoms with Gasteiger partial charge in [0.1, 0.15) is 9.84 Å². The largest absolute Gasteiger partial charge is 0.314 e. The molecule has 4 nitrogen and oxygen atoms in total. The zero-order valence-electron chi connectivity index (χ0n) is 8.99. The zero-order chi connectivity index (χ0) is 10.6. The molecule has 0 aliphatic carbocycles. The first-order valence-electron chi connectivity index (χ1n) is 5.15. The van der Waals surface area contributed by atoms with E-state index >= 15 is 0 Å². The Kier molecular flexibility index (Phi) is 4.34. The highest BCUT2D eigenvalue weighted by Crippen LogP contribution is 2.07. The predicted octanol–water partition coefficient (Wildman–Crippen LogP) is -0.285. The first-order valence-corrected chi connectivity index (χ1v) is 7.21. The summed E-state index contributed by atoms with van der Waals surface area (Å²) < 4.78 is 22.1. The minimum Gasteiger partial charge on any atom is -0.314 e. The fraction of sp³-hybridized carbons (Fsp3) is 1.00. The van der Waals surface area contributed by atoms with Crippen molar-refractivity contribution in [1.82, 2.24) is 10.2 Å². The minimum atomic E-state index is -2.81. The van der Waals surface area contributed by atoms with Crippen molar-refractivity contribution in [3.05, 3.63) is 0 Å². The molecule has 84 valence electrons. The highest BCUT2D eigenvalue weighted by atomic mass is 32.2. The highest BCUT2D eigenvalue weighted by Gasteiger charge is 2.21. The van der Waals surface area contributed by atoms with E-state index in [1.807, 2.05) is 0 Å². The Bertz CT molecular complexity index is 264. The van der Waals surface area contributed by atoms with Crippen LogP contribution in [0.3, 0.4) is 0 Å². The SMILES string of the molecule is CCN1CCNCC1CCS(C)(=O)=O. The van der Waals surface area contributed by atoms with Crippen LogP contribution in [0.4, 0.5) is 0 Å². The third-order valence-corrected chi connectivity index (χ3v) is 3.68. The molecule has 0 amide bonds. The molecule has 0 aromatic heterocycles. The van der Waals surface area contributed by atoms with Gasteiger partial charge < -0.3 is 5.32 Å². The van der Waals surface area contributed by atoms with Crippen LogP contribution in [0.25, 0.3) is 0 Å².